The molecule has 0 aliphatic rings. The predicted molar refractivity (Wildman–Crippen MR) is 83.9 cm³/mol. The van der Waals surface area contributed by atoms with Crippen LogP contribution in [0, 0.1) is 6.92 Å². The molecule has 1 aromatic heterocycles. The number of halogens is 3. The second-order valence-electron chi connectivity index (χ2n) is 3.99. The van der Waals surface area contributed by atoms with E-state index < -0.39 is 10.0 Å². The molecule has 106 valence electrons. The average molecular weight is 396 g/mol. The van der Waals surface area contributed by atoms with Crippen LogP contribution in [0.5, 0.6) is 0 Å². The first kappa shape index (κ1) is 15.6. The van der Waals surface area contributed by atoms with Crippen molar-refractivity contribution in [1.82, 2.24) is 4.98 Å². The maximum atomic E-state index is 12.3. The van der Waals surface area contributed by atoms with Crippen molar-refractivity contribution in [1.29, 1.82) is 0 Å². The Morgan fingerprint density at radius 3 is 2.40 bits per heavy atom. The third-order valence-electron chi connectivity index (χ3n) is 2.45. The lowest BCUT2D eigenvalue weighted by molar-refractivity contribution is 0.601. The maximum Gasteiger partial charge on any atom is 0.264 e. The van der Waals surface area contributed by atoms with Crippen LogP contribution >= 0.6 is 39.1 Å². The summed E-state index contributed by atoms with van der Waals surface area (Å²) < 4.78 is 27.7. The molecule has 1 N–H and O–H groups in total. The van der Waals surface area contributed by atoms with Crippen molar-refractivity contribution in [2.45, 2.75) is 11.8 Å². The van der Waals surface area contributed by atoms with Crippen LogP contribution in [0.1, 0.15) is 5.56 Å². The number of aryl methyl sites for hydroxylation is 1. The van der Waals surface area contributed by atoms with Gasteiger partial charge in [-0.25, -0.2) is 13.4 Å². The molecule has 4 nitrogen and oxygen atoms in total. The topological polar surface area (TPSA) is 59.1 Å². The fourth-order valence-corrected chi connectivity index (χ4v) is 3.96. The summed E-state index contributed by atoms with van der Waals surface area (Å²) in [5, 5.41) is 0.124. The Hall–Kier alpha value is -0.820. The quantitative estimate of drug-likeness (QED) is 0.789. The van der Waals surface area contributed by atoms with E-state index in [1.807, 2.05) is 0 Å². The van der Waals surface area contributed by atoms with Crippen LogP contribution in [0.3, 0.4) is 0 Å². The van der Waals surface area contributed by atoms with E-state index in [2.05, 4.69) is 25.6 Å². The molecule has 0 spiro atoms. The van der Waals surface area contributed by atoms with Gasteiger partial charge in [-0.2, -0.15) is 0 Å². The minimum Gasteiger partial charge on any atom is -0.278 e. The number of nitrogens with one attached hydrogen (secondary N) is 1. The Kier molecular flexibility index (Phi) is 4.59. The van der Waals surface area contributed by atoms with Crippen molar-refractivity contribution in [2.75, 3.05) is 4.72 Å². The number of anilines is 1. The molecule has 1 heterocycles. The van der Waals surface area contributed by atoms with Crippen LogP contribution in [-0.4, -0.2) is 13.4 Å². The number of nitrogens with zero attached hydrogens (tertiary/aromatic N) is 1. The summed E-state index contributed by atoms with van der Waals surface area (Å²) in [5.74, 6) is 0. The Morgan fingerprint density at radius 2 is 1.85 bits per heavy atom. The fourth-order valence-electron chi connectivity index (χ4n) is 1.56. The number of sulfonamides is 1. The van der Waals surface area contributed by atoms with Gasteiger partial charge in [0.05, 0.1) is 21.9 Å². The Bertz CT molecular complexity index is 746. The highest BCUT2D eigenvalue weighted by molar-refractivity contribution is 9.10. The molecule has 2 aromatic rings. The number of hydrogen-bond acceptors (Lipinski definition) is 3. The second kappa shape index (κ2) is 5.89. The predicted octanol–water partition coefficient (Wildman–Crippen LogP) is 4.26. The third kappa shape index (κ3) is 3.25. The second-order valence-corrected chi connectivity index (χ2v) is 7.17. The summed E-state index contributed by atoms with van der Waals surface area (Å²) in [7, 11) is -3.87. The van der Waals surface area contributed by atoms with Gasteiger partial charge in [0.25, 0.3) is 10.0 Å². The zero-order chi connectivity index (χ0) is 14.9. The number of hydrogen-bond donors (Lipinski definition) is 1. The lowest BCUT2D eigenvalue weighted by atomic mass is 10.3. The summed E-state index contributed by atoms with van der Waals surface area (Å²) >= 11 is 15.1. The molecule has 0 aliphatic carbocycles. The van der Waals surface area contributed by atoms with E-state index in [0.717, 1.165) is 5.56 Å². The molecule has 0 atom stereocenters. The Morgan fingerprint density at radius 1 is 1.25 bits per heavy atom. The molecule has 0 saturated carbocycles. The van der Waals surface area contributed by atoms with E-state index in [4.69, 9.17) is 23.2 Å². The number of aromatic nitrogens is 1. The highest BCUT2D eigenvalue weighted by atomic mass is 79.9. The monoisotopic (exact) mass is 394 g/mol. The van der Waals surface area contributed by atoms with Crippen molar-refractivity contribution >= 4 is 54.8 Å². The van der Waals surface area contributed by atoms with Crippen LogP contribution in [0.25, 0.3) is 0 Å². The molecule has 0 amide bonds. The Labute approximate surface area is 135 Å². The van der Waals surface area contributed by atoms with E-state index in [9.17, 15) is 8.42 Å². The summed E-state index contributed by atoms with van der Waals surface area (Å²) in [6.45, 7) is 1.80. The largest absolute Gasteiger partial charge is 0.278 e. The zero-order valence-corrected chi connectivity index (χ0v) is 14.1. The first-order chi connectivity index (χ1) is 9.31. The lowest BCUT2D eigenvalue weighted by Gasteiger charge is -2.11. The van der Waals surface area contributed by atoms with Crippen LogP contribution in [0.2, 0.25) is 10.0 Å². The summed E-state index contributed by atoms with van der Waals surface area (Å²) in [5.41, 5.74) is 1.14. The smallest absolute Gasteiger partial charge is 0.264 e. The molecule has 20 heavy (non-hydrogen) atoms. The molecule has 2 rings (SSSR count). The summed E-state index contributed by atoms with van der Waals surface area (Å²) in [6, 6.07) is 6.16. The van der Waals surface area contributed by atoms with E-state index >= 15 is 0 Å². The fraction of sp³-hybridized carbons (Fsp3) is 0.0833. The van der Waals surface area contributed by atoms with Gasteiger partial charge in [-0.05, 0) is 46.6 Å². The SMILES string of the molecule is Cc1cc(NS(=O)(=O)c2c(Cl)cccc2Cl)cnc1Br. The van der Waals surface area contributed by atoms with Crippen molar-refractivity contribution < 1.29 is 8.42 Å². The normalized spacial score (nSPS) is 11.4. The lowest BCUT2D eigenvalue weighted by Crippen LogP contribution is -2.14. The van der Waals surface area contributed by atoms with Gasteiger partial charge in [-0.15, -0.1) is 0 Å². The van der Waals surface area contributed by atoms with Crippen LogP contribution in [0.15, 0.2) is 40.0 Å². The highest BCUT2D eigenvalue weighted by Gasteiger charge is 2.21. The molecule has 8 heteroatoms. The molecule has 0 aliphatic heterocycles. The molecule has 0 fully saturated rings. The van der Waals surface area contributed by atoms with Crippen molar-refractivity contribution in [2.24, 2.45) is 0 Å². The van der Waals surface area contributed by atoms with Gasteiger partial charge in [-0.3, -0.25) is 4.72 Å². The van der Waals surface area contributed by atoms with Gasteiger partial charge in [0, 0.05) is 0 Å². The molecular weight excluding hydrogens is 387 g/mol. The molecular formula is C12H9BrCl2N2O2S. The highest BCUT2D eigenvalue weighted by Crippen LogP contribution is 2.30. The van der Waals surface area contributed by atoms with Gasteiger partial charge >= 0.3 is 0 Å². The van der Waals surface area contributed by atoms with Crippen LogP contribution in [0.4, 0.5) is 5.69 Å². The van der Waals surface area contributed by atoms with Crippen molar-refractivity contribution in [3.63, 3.8) is 0 Å². The number of benzene rings is 1. The van der Waals surface area contributed by atoms with E-state index in [1.165, 1.54) is 18.3 Å². The molecule has 0 radical (unpaired) electrons. The summed E-state index contributed by atoms with van der Waals surface area (Å²) in [6.07, 6.45) is 1.40. The summed E-state index contributed by atoms with van der Waals surface area (Å²) in [4.78, 5) is 3.88. The van der Waals surface area contributed by atoms with Gasteiger partial charge in [0.1, 0.15) is 9.50 Å². The zero-order valence-electron chi connectivity index (χ0n) is 10.2. The minimum atomic E-state index is -3.87. The van der Waals surface area contributed by atoms with Crippen LogP contribution in [-0.2, 0) is 10.0 Å². The van der Waals surface area contributed by atoms with Gasteiger partial charge < -0.3 is 0 Å². The number of pyridine rings is 1. The first-order valence-electron chi connectivity index (χ1n) is 5.40. The standard InChI is InChI=1S/C12H9BrCl2N2O2S/c1-7-5-8(6-16-12(7)13)17-20(18,19)11-9(14)3-2-4-10(11)15/h2-6,17H,1H3. The van der Waals surface area contributed by atoms with Gasteiger partial charge in [0.2, 0.25) is 0 Å². The average Bonchev–Trinajstić information content (AvgIpc) is 2.33. The molecule has 1 aromatic carbocycles. The third-order valence-corrected chi connectivity index (χ3v) is 5.62. The minimum absolute atomic E-state index is 0.0618. The van der Waals surface area contributed by atoms with Crippen molar-refractivity contribution in [3.8, 4) is 0 Å². The van der Waals surface area contributed by atoms with E-state index in [0.29, 0.717) is 10.3 Å². The van der Waals surface area contributed by atoms with Gasteiger partial charge in [-0.1, -0.05) is 29.3 Å². The molecule has 0 unspecified atom stereocenters. The first-order valence-corrected chi connectivity index (χ1v) is 8.43. The van der Waals surface area contributed by atoms with E-state index in [1.54, 1.807) is 19.1 Å². The van der Waals surface area contributed by atoms with Crippen LogP contribution < -0.4 is 4.72 Å². The maximum absolute atomic E-state index is 12.3. The van der Waals surface area contributed by atoms with E-state index in [-0.39, 0.29) is 14.9 Å². The number of rotatable bonds is 3. The molecule has 0 saturated heterocycles. The van der Waals surface area contributed by atoms with Crippen molar-refractivity contribution in [3.05, 3.63) is 50.7 Å². The molecule has 0 bridgehead atoms. The van der Waals surface area contributed by atoms with Gasteiger partial charge in [0.15, 0.2) is 0 Å². The Balaban J connectivity index is 2.43.